The molecule has 1 aliphatic heterocycles. The highest BCUT2D eigenvalue weighted by atomic mass is 79.9. The first kappa shape index (κ1) is 16.0. The molecule has 2 heteroatoms. The van der Waals surface area contributed by atoms with Crippen molar-refractivity contribution in [1.29, 1.82) is 0 Å². The lowest BCUT2D eigenvalue weighted by Gasteiger charge is -2.11. The Morgan fingerprint density at radius 2 is 1.70 bits per heavy atom. The zero-order valence-electron chi connectivity index (χ0n) is 12.7. The summed E-state index contributed by atoms with van der Waals surface area (Å²) in [4.78, 5) is 0.504. The molecule has 0 amide bonds. The summed E-state index contributed by atoms with van der Waals surface area (Å²) in [7, 11) is 0. The maximum absolute atomic E-state index is 5.48. The lowest BCUT2D eigenvalue weighted by molar-refractivity contribution is 0.134. The first-order valence-electron chi connectivity index (χ1n) is 8.14. The minimum atomic E-state index is 0.504. The van der Waals surface area contributed by atoms with Crippen LogP contribution in [0.2, 0.25) is 0 Å². The van der Waals surface area contributed by atoms with E-state index in [0.717, 1.165) is 13.2 Å². The standard InChI is InChI=1S/C18H27BrO/c1-2-3-4-5-6-7-8-9-18(19)15-10-11-16-13-20-14-17(16)12-15/h10-12,18H,2-9,13-14H2,1H3. The van der Waals surface area contributed by atoms with E-state index in [9.17, 15) is 0 Å². The van der Waals surface area contributed by atoms with Gasteiger partial charge in [0.05, 0.1) is 13.2 Å². The predicted molar refractivity (Wildman–Crippen MR) is 89.2 cm³/mol. The van der Waals surface area contributed by atoms with E-state index in [1.165, 1.54) is 68.1 Å². The Bertz CT molecular complexity index is 402. The smallest absolute Gasteiger partial charge is 0.0725 e. The topological polar surface area (TPSA) is 9.23 Å². The third-order valence-electron chi connectivity index (χ3n) is 4.17. The van der Waals surface area contributed by atoms with Gasteiger partial charge in [0.25, 0.3) is 0 Å². The molecule has 0 saturated heterocycles. The quantitative estimate of drug-likeness (QED) is 0.379. The summed E-state index contributed by atoms with van der Waals surface area (Å²) in [6.45, 7) is 3.86. The molecule has 0 fully saturated rings. The van der Waals surface area contributed by atoms with Gasteiger partial charge in [0.1, 0.15) is 0 Å². The normalized spacial score (nSPS) is 15.3. The van der Waals surface area contributed by atoms with E-state index in [-0.39, 0.29) is 0 Å². The van der Waals surface area contributed by atoms with Crippen LogP contribution in [-0.2, 0) is 18.0 Å². The van der Waals surface area contributed by atoms with Gasteiger partial charge in [-0.15, -0.1) is 0 Å². The highest BCUT2D eigenvalue weighted by molar-refractivity contribution is 9.09. The Balaban J connectivity index is 1.66. The van der Waals surface area contributed by atoms with E-state index in [1.54, 1.807) is 0 Å². The Morgan fingerprint density at radius 1 is 1.00 bits per heavy atom. The van der Waals surface area contributed by atoms with Gasteiger partial charge < -0.3 is 4.74 Å². The van der Waals surface area contributed by atoms with Crippen LogP contribution in [0.1, 0.15) is 79.8 Å². The predicted octanol–water partition coefficient (Wildman–Crippen LogP) is 6.29. The molecule has 0 spiro atoms. The zero-order chi connectivity index (χ0) is 14.2. The van der Waals surface area contributed by atoms with Crippen molar-refractivity contribution in [3.05, 3.63) is 34.9 Å². The molecule has 0 N–H and O–H groups in total. The monoisotopic (exact) mass is 338 g/mol. The molecule has 0 radical (unpaired) electrons. The molecule has 1 atom stereocenters. The summed E-state index contributed by atoms with van der Waals surface area (Å²) in [6.07, 6.45) is 10.9. The average molecular weight is 339 g/mol. The van der Waals surface area contributed by atoms with Crippen LogP contribution < -0.4 is 0 Å². The minimum absolute atomic E-state index is 0.504. The highest BCUT2D eigenvalue weighted by Gasteiger charge is 2.14. The molecule has 1 heterocycles. The van der Waals surface area contributed by atoms with E-state index in [1.807, 2.05) is 0 Å². The Hall–Kier alpha value is -0.340. The molecule has 0 aromatic heterocycles. The first-order chi connectivity index (χ1) is 9.81. The Kier molecular flexibility index (Phi) is 7.09. The van der Waals surface area contributed by atoms with Crippen molar-refractivity contribution in [2.24, 2.45) is 0 Å². The van der Waals surface area contributed by atoms with E-state index >= 15 is 0 Å². The number of alkyl halides is 1. The number of hydrogen-bond acceptors (Lipinski definition) is 1. The van der Waals surface area contributed by atoms with E-state index in [4.69, 9.17) is 4.74 Å². The van der Waals surface area contributed by atoms with Crippen LogP contribution in [0.4, 0.5) is 0 Å². The lowest BCUT2D eigenvalue weighted by atomic mass is 10.0. The molecule has 20 heavy (non-hydrogen) atoms. The average Bonchev–Trinajstić information content (AvgIpc) is 2.93. The van der Waals surface area contributed by atoms with Gasteiger partial charge in [0, 0.05) is 4.83 Å². The third-order valence-corrected chi connectivity index (χ3v) is 5.15. The van der Waals surface area contributed by atoms with Crippen molar-refractivity contribution in [3.63, 3.8) is 0 Å². The number of unbranched alkanes of at least 4 members (excludes halogenated alkanes) is 6. The molecular weight excluding hydrogens is 312 g/mol. The molecule has 0 aliphatic carbocycles. The van der Waals surface area contributed by atoms with E-state index in [2.05, 4.69) is 41.1 Å². The molecule has 1 aromatic rings. The largest absolute Gasteiger partial charge is 0.372 e. The molecule has 1 nitrogen and oxygen atoms in total. The summed E-state index contributed by atoms with van der Waals surface area (Å²) in [6, 6.07) is 6.81. The van der Waals surface area contributed by atoms with Crippen molar-refractivity contribution in [3.8, 4) is 0 Å². The molecule has 112 valence electrons. The summed E-state index contributed by atoms with van der Waals surface area (Å²) in [5, 5.41) is 0. The first-order valence-corrected chi connectivity index (χ1v) is 9.06. The van der Waals surface area contributed by atoms with Crippen LogP contribution in [0.15, 0.2) is 18.2 Å². The van der Waals surface area contributed by atoms with Crippen molar-refractivity contribution >= 4 is 15.9 Å². The van der Waals surface area contributed by atoms with Crippen molar-refractivity contribution in [2.75, 3.05) is 0 Å². The fourth-order valence-corrected chi connectivity index (χ4v) is 3.44. The number of rotatable bonds is 9. The van der Waals surface area contributed by atoms with Gasteiger partial charge in [-0.1, -0.05) is 86.0 Å². The van der Waals surface area contributed by atoms with E-state index < -0.39 is 0 Å². The lowest BCUT2D eigenvalue weighted by Crippen LogP contribution is -1.93. The summed E-state index contributed by atoms with van der Waals surface area (Å²) < 4.78 is 5.48. The van der Waals surface area contributed by atoms with Gasteiger partial charge in [-0.05, 0) is 23.1 Å². The molecule has 1 aromatic carbocycles. The van der Waals surface area contributed by atoms with Crippen molar-refractivity contribution < 1.29 is 4.74 Å². The second-order valence-electron chi connectivity index (χ2n) is 5.90. The van der Waals surface area contributed by atoms with Gasteiger partial charge in [-0.2, -0.15) is 0 Å². The van der Waals surface area contributed by atoms with Gasteiger partial charge in [0.2, 0.25) is 0 Å². The fourth-order valence-electron chi connectivity index (χ4n) is 2.83. The van der Waals surface area contributed by atoms with Gasteiger partial charge in [-0.25, -0.2) is 0 Å². The number of ether oxygens (including phenoxy) is 1. The van der Waals surface area contributed by atoms with Crippen LogP contribution >= 0.6 is 15.9 Å². The summed E-state index contributed by atoms with van der Waals surface area (Å²) >= 11 is 3.85. The maximum Gasteiger partial charge on any atom is 0.0725 e. The van der Waals surface area contributed by atoms with Gasteiger partial charge >= 0.3 is 0 Å². The molecule has 0 saturated carbocycles. The summed E-state index contributed by atoms with van der Waals surface area (Å²) in [5.74, 6) is 0. The van der Waals surface area contributed by atoms with Gasteiger partial charge in [-0.3, -0.25) is 0 Å². The number of fused-ring (bicyclic) bond motifs is 1. The Labute approximate surface area is 132 Å². The van der Waals surface area contributed by atoms with Crippen LogP contribution in [0.25, 0.3) is 0 Å². The van der Waals surface area contributed by atoms with Crippen LogP contribution in [0.5, 0.6) is 0 Å². The number of halogens is 1. The third kappa shape index (κ3) is 4.89. The number of benzene rings is 1. The maximum atomic E-state index is 5.48. The van der Waals surface area contributed by atoms with Crippen LogP contribution in [-0.4, -0.2) is 0 Å². The zero-order valence-corrected chi connectivity index (χ0v) is 14.3. The summed E-state index contributed by atoms with van der Waals surface area (Å²) in [5.41, 5.74) is 4.16. The molecule has 1 aliphatic rings. The van der Waals surface area contributed by atoms with Crippen molar-refractivity contribution in [1.82, 2.24) is 0 Å². The molecule has 1 unspecified atom stereocenters. The molecular formula is C18H27BrO. The number of hydrogen-bond donors (Lipinski definition) is 0. The van der Waals surface area contributed by atoms with Crippen LogP contribution in [0.3, 0.4) is 0 Å². The Morgan fingerprint density at radius 3 is 2.50 bits per heavy atom. The SMILES string of the molecule is CCCCCCCCCC(Br)c1ccc2c(c1)COC2. The highest BCUT2D eigenvalue weighted by Crippen LogP contribution is 2.32. The van der Waals surface area contributed by atoms with Crippen molar-refractivity contribution in [2.45, 2.75) is 76.3 Å². The van der Waals surface area contributed by atoms with Gasteiger partial charge in [0.15, 0.2) is 0 Å². The second kappa shape index (κ2) is 8.84. The molecule has 2 rings (SSSR count). The fraction of sp³-hybridized carbons (Fsp3) is 0.667. The van der Waals surface area contributed by atoms with Crippen LogP contribution in [0, 0.1) is 0 Å². The molecule has 0 bridgehead atoms. The minimum Gasteiger partial charge on any atom is -0.372 e. The van der Waals surface area contributed by atoms with E-state index in [0.29, 0.717) is 4.83 Å². The second-order valence-corrected chi connectivity index (χ2v) is 7.00.